The van der Waals surface area contributed by atoms with Crippen molar-refractivity contribution in [2.75, 3.05) is 18.4 Å². The first-order valence-electron chi connectivity index (χ1n) is 8.10. The fraction of sp³-hybridized carbons (Fsp3) is 0.353. The van der Waals surface area contributed by atoms with E-state index in [1.54, 1.807) is 12.3 Å². The van der Waals surface area contributed by atoms with Crippen LogP contribution in [0, 0.1) is 5.92 Å². The topological polar surface area (TPSA) is 98.9 Å². The molecule has 2 heterocycles. The average Bonchev–Trinajstić information content (AvgIpc) is 3.14. The van der Waals surface area contributed by atoms with Gasteiger partial charge in [0, 0.05) is 12.6 Å². The number of aromatic nitrogens is 2. The third kappa shape index (κ3) is 5.72. The molecule has 142 valence electrons. The van der Waals surface area contributed by atoms with Crippen molar-refractivity contribution < 1.29 is 9.59 Å². The van der Waals surface area contributed by atoms with Gasteiger partial charge in [0.2, 0.25) is 5.91 Å². The molecule has 0 bridgehead atoms. The maximum absolute atomic E-state index is 12.6. The Morgan fingerprint density at radius 3 is 2.54 bits per heavy atom. The van der Waals surface area contributed by atoms with E-state index in [0.717, 1.165) is 24.9 Å². The number of halogens is 2. The predicted molar refractivity (Wildman–Crippen MR) is 105 cm³/mol. The number of carbonyl (C=O) groups is 2. The number of nitrogens with one attached hydrogen (secondary N) is 4. The highest BCUT2D eigenvalue weighted by molar-refractivity contribution is 5.97. The minimum absolute atomic E-state index is 0. The predicted octanol–water partition coefficient (Wildman–Crippen LogP) is 2.05. The summed E-state index contributed by atoms with van der Waals surface area (Å²) in [6.07, 6.45) is 3.36. The molecule has 2 unspecified atom stereocenters. The van der Waals surface area contributed by atoms with Gasteiger partial charge in [-0.3, -0.25) is 14.7 Å². The minimum Gasteiger partial charge on any atom is -0.340 e. The van der Waals surface area contributed by atoms with Crippen LogP contribution in [0.5, 0.6) is 0 Å². The largest absolute Gasteiger partial charge is 0.340 e. The number of hydrogen-bond donors (Lipinski definition) is 4. The van der Waals surface area contributed by atoms with Crippen LogP contribution >= 0.6 is 24.8 Å². The van der Waals surface area contributed by atoms with Gasteiger partial charge in [-0.05, 0) is 24.9 Å². The highest BCUT2D eigenvalue weighted by Crippen LogP contribution is 2.18. The summed E-state index contributed by atoms with van der Waals surface area (Å²) in [5, 5.41) is 15.3. The van der Waals surface area contributed by atoms with Gasteiger partial charge in [0.25, 0.3) is 5.91 Å². The summed E-state index contributed by atoms with van der Waals surface area (Å²) in [6, 6.07) is 10.1. The maximum atomic E-state index is 12.6. The van der Waals surface area contributed by atoms with Gasteiger partial charge in [-0.15, -0.1) is 24.8 Å². The molecule has 0 saturated carbocycles. The zero-order valence-electron chi connectivity index (χ0n) is 14.1. The number of piperidine rings is 1. The van der Waals surface area contributed by atoms with E-state index in [4.69, 9.17) is 0 Å². The Morgan fingerprint density at radius 1 is 1.15 bits per heavy atom. The van der Waals surface area contributed by atoms with E-state index in [1.165, 1.54) is 0 Å². The molecule has 4 N–H and O–H groups in total. The lowest BCUT2D eigenvalue weighted by molar-refractivity contribution is -0.129. The van der Waals surface area contributed by atoms with Gasteiger partial charge in [0.15, 0.2) is 0 Å². The summed E-state index contributed by atoms with van der Waals surface area (Å²) < 4.78 is 0. The molecule has 1 saturated heterocycles. The van der Waals surface area contributed by atoms with Crippen LogP contribution in [0.15, 0.2) is 42.6 Å². The van der Waals surface area contributed by atoms with Crippen molar-refractivity contribution >= 4 is 42.4 Å². The van der Waals surface area contributed by atoms with Crippen LogP contribution in [0.3, 0.4) is 0 Å². The molecular formula is C17H23Cl2N5O2. The van der Waals surface area contributed by atoms with E-state index in [9.17, 15) is 9.59 Å². The second-order valence-corrected chi connectivity index (χ2v) is 5.86. The third-order valence-electron chi connectivity index (χ3n) is 4.11. The van der Waals surface area contributed by atoms with E-state index >= 15 is 0 Å². The van der Waals surface area contributed by atoms with E-state index < -0.39 is 6.04 Å². The van der Waals surface area contributed by atoms with Gasteiger partial charge in [0.1, 0.15) is 11.9 Å². The van der Waals surface area contributed by atoms with Gasteiger partial charge >= 0.3 is 0 Å². The number of benzene rings is 1. The third-order valence-corrected chi connectivity index (χ3v) is 4.11. The number of amides is 2. The standard InChI is InChI=1S/C17H21N5O2.2ClH/c23-16(13-7-4-9-18-11-13)21-15(12-5-2-1-3-6-12)17(24)20-14-8-10-19-22-14;;/h1-3,5-6,8,10,13,15,18H,4,7,9,11H2,(H,21,23)(H2,19,20,22,24);2*1H. The fourth-order valence-corrected chi connectivity index (χ4v) is 2.81. The van der Waals surface area contributed by atoms with E-state index in [0.29, 0.717) is 12.4 Å². The highest BCUT2D eigenvalue weighted by atomic mass is 35.5. The molecule has 2 amide bonds. The second kappa shape index (κ2) is 10.8. The maximum Gasteiger partial charge on any atom is 0.252 e. The molecule has 2 aromatic rings. The molecule has 7 nitrogen and oxygen atoms in total. The molecule has 1 fully saturated rings. The fourth-order valence-electron chi connectivity index (χ4n) is 2.81. The SMILES string of the molecule is Cl.Cl.O=C(NC(C(=O)Nc1ccn[nH]1)c1ccccc1)C1CCCNC1. The molecule has 1 aliphatic rings. The van der Waals surface area contributed by atoms with E-state index in [-0.39, 0.29) is 42.5 Å². The van der Waals surface area contributed by atoms with Crippen LogP contribution in [-0.4, -0.2) is 35.1 Å². The molecule has 3 rings (SSSR count). The minimum atomic E-state index is -0.746. The Morgan fingerprint density at radius 2 is 1.92 bits per heavy atom. The van der Waals surface area contributed by atoms with Crippen molar-refractivity contribution in [2.45, 2.75) is 18.9 Å². The summed E-state index contributed by atoms with van der Waals surface area (Å²) in [7, 11) is 0. The van der Waals surface area contributed by atoms with Crippen LogP contribution in [0.1, 0.15) is 24.4 Å². The monoisotopic (exact) mass is 399 g/mol. The smallest absolute Gasteiger partial charge is 0.252 e. The van der Waals surface area contributed by atoms with Gasteiger partial charge < -0.3 is 16.0 Å². The second-order valence-electron chi connectivity index (χ2n) is 5.86. The number of hydrogen-bond acceptors (Lipinski definition) is 4. The van der Waals surface area contributed by atoms with E-state index in [1.807, 2.05) is 30.3 Å². The zero-order chi connectivity index (χ0) is 16.8. The van der Waals surface area contributed by atoms with Crippen molar-refractivity contribution in [3.8, 4) is 0 Å². The van der Waals surface area contributed by atoms with Gasteiger partial charge in [0.05, 0.1) is 12.1 Å². The Kier molecular flexibility index (Phi) is 9.12. The molecule has 1 aromatic heterocycles. The van der Waals surface area contributed by atoms with Crippen LogP contribution in [0.25, 0.3) is 0 Å². The van der Waals surface area contributed by atoms with Crippen LogP contribution in [0.4, 0.5) is 5.82 Å². The van der Waals surface area contributed by atoms with Crippen molar-refractivity contribution in [3.05, 3.63) is 48.2 Å². The number of rotatable bonds is 5. The van der Waals surface area contributed by atoms with Gasteiger partial charge in [-0.2, -0.15) is 5.10 Å². The Labute approximate surface area is 164 Å². The molecular weight excluding hydrogens is 377 g/mol. The lowest BCUT2D eigenvalue weighted by Crippen LogP contribution is -2.44. The normalized spacial score (nSPS) is 17.2. The lowest BCUT2D eigenvalue weighted by atomic mass is 9.97. The van der Waals surface area contributed by atoms with Crippen LogP contribution in [0.2, 0.25) is 0 Å². The van der Waals surface area contributed by atoms with E-state index in [2.05, 4.69) is 26.1 Å². The first-order valence-corrected chi connectivity index (χ1v) is 8.10. The number of H-pyrrole nitrogens is 1. The molecule has 1 aliphatic heterocycles. The first-order chi connectivity index (χ1) is 11.7. The highest BCUT2D eigenvalue weighted by Gasteiger charge is 2.27. The van der Waals surface area contributed by atoms with Gasteiger partial charge in [-0.1, -0.05) is 30.3 Å². The first kappa shape index (κ1) is 22.0. The van der Waals surface area contributed by atoms with Crippen molar-refractivity contribution in [3.63, 3.8) is 0 Å². The lowest BCUT2D eigenvalue weighted by Gasteiger charge is -2.25. The Hall–Kier alpha value is -2.09. The number of carbonyl (C=O) groups excluding carboxylic acids is 2. The van der Waals surface area contributed by atoms with Crippen LogP contribution in [-0.2, 0) is 9.59 Å². The number of nitrogens with zero attached hydrogens (tertiary/aromatic N) is 1. The Balaban J connectivity index is 0.00000169. The summed E-state index contributed by atoms with van der Waals surface area (Å²) >= 11 is 0. The number of anilines is 1. The van der Waals surface area contributed by atoms with Crippen molar-refractivity contribution in [1.29, 1.82) is 0 Å². The summed E-state index contributed by atoms with van der Waals surface area (Å²) in [5.74, 6) is -0.0159. The molecule has 1 aromatic carbocycles. The summed E-state index contributed by atoms with van der Waals surface area (Å²) in [5.41, 5.74) is 0.742. The Bertz CT molecular complexity index is 676. The molecule has 2 atom stereocenters. The van der Waals surface area contributed by atoms with Crippen molar-refractivity contribution in [1.82, 2.24) is 20.8 Å². The molecule has 0 spiro atoms. The molecule has 0 radical (unpaired) electrons. The molecule has 0 aliphatic carbocycles. The molecule has 9 heteroatoms. The van der Waals surface area contributed by atoms with Crippen molar-refractivity contribution in [2.24, 2.45) is 5.92 Å². The summed E-state index contributed by atoms with van der Waals surface area (Å²) in [4.78, 5) is 25.2. The summed E-state index contributed by atoms with van der Waals surface area (Å²) in [6.45, 7) is 1.59. The molecule has 26 heavy (non-hydrogen) atoms. The number of aromatic amines is 1. The van der Waals surface area contributed by atoms with Crippen LogP contribution < -0.4 is 16.0 Å². The zero-order valence-corrected chi connectivity index (χ0v) is 15.7. The quantitative estimate of drug-likeness (QED) is 0.618. The average molecular weight is 400 g/mol. The van der Waals surface area contributed by atoms with Gasteiger partial charge in [-0.25, -0.2) is 0 Å².